The molecule has 2 fully saturated rings. The molecule has 2 heterocycles. The summed E-state index contributed by atoms with van der Waals surface area (Å²) < 4.78 is 11.2. The fourth-order valence-corrected chi connectivity index (χ4v) is 4.33. The van der Waals surface area contributed by atoms with Crippen LogP contribution in [-0.2, 0) is 4.74 Å². The minimum atomic E-state index is -0.592. The summed E-state index contributed by atoms with van der Waals surface area (Å²) in [6.45, 7) is 4.48. The van der Waals surface area contributed by atoms with E-state index in [-0.39, 0.29) is 18.2 Å². The zero-order valence-corrected chi connectivity index (χ0v) is 18.0. The first-order valence-corrected chi connectivity index (χ1v) is 10.8. The van der Waals surface area contributed by atoms with Crippen LogP contribution in [0, 0.1) is 0 Å². The first-order valence-electron chi connectivity index (χ1n) is 10.8. The number of nitrogens with one attached hydrogen (secondary N) is 1. The van der Waals surface area contributed by atoms with Crippen LogP contribution in [0.4, 0.5) is 5.95 Å². The van der Waals surface area contributed by atoms with Crippen molar-refractivity contribution in [2.45, 2.75) is 82.1 Å². The fourth-order valence-electron chi connectivity index (χ4n) is 4.33. The molecule has 1 atom stereocenters. The Kier molecular flexibility index (Phi) is 6.09. The molecular weight excluding hydrogens is 384 g/mol. The van der Waals surface area contributed by atoms with Crippen molar-refractivity contribution in [3.8, 4) is 5.88 Å². The highest BCUT2D eigenvalue weighted by Gasteiger charge is 2.32. The smallest absolute Gasteiger partial charge is 0.224 e. The minimum absolute atomic E-state index is 0.0224. The Bertz CT molecular complexity index is 875. The molecule has 2 aromatic heterocycles. The summed E-state index contributed by atoms with van der Waals surface area (Å²) in [6, 6.07) is 0.0784. The van der Waals surface area contributed by atoms with Crippen molar-refractivity contribution in [3.05, 3.63) is 18.0 Å². The van der Waals surface area contributed by atoms with Gasteiger partial charge in [0.2, 0.25) is 11.8 Å². The Morgan fingerprint density at radius 3 is 2.63 bits per heavy atom. The second-order valence-corrected chi connectivity index (χ2v) is 9.11. The van der Waals surface area contributed by atoms with Gasteiger partial charge in [-0.3, -0.25) is 0 Å². The van der Waals surface area contributed by atoms with E-state index in [1.807, 2.05) is 20.0 Å². The number of anilines is 1. The Hall–Kier alpha value is -2.03. The number of hydrogen-bond acceptors (Lipinski definition) is 8. The lowest BCUT2D eigenvalue weighted by Crippen LogP contribution is -2.37. The maximum absolute atomic E-state index is 10.3. The highest BCUT2D eigenvalue weighted by Crippen LogP contribution is 2.41. The van der Waals surface area contributed by atoms with E-state index < -0.39 is 5.60 Å². The topological polar surface area (TPSA) is 110 Å². The van der Waals surface area contributed by atoms with Gasteiger partial charge in [0.1, 0.15) is 6.10 Å². The van der Waals surface area contributed by atoms with Crippen molar-refractivity contribution >= 4 is 16.9 Å². The molecule has 4 rings (SSSR count). The minimum Gasteiger partial charge on any atom is -0.474 e. The third-order valence-corrected chi connectivity index (χ3v) is 6.26. The van der Waals surface area contributed by atoms with Gasteiger partial charge in [-0.25, -0.2) is 15.0 Å². The molecule has 30 heavy (non-hydrogen) atoms. The Morgan fingerprint density at radius 2 is 1.97 bits per heavy atom. The van der Waals surface area contributed by atoms with Gasteiger partial charge in [-0.05, 0) is 45.4 Å². The van der Waals surface area contributed by atoms with Gasteiger partial charge >= 0.3 is 0 Å². The molecule has 0 spiro atoms. The third kappa shape index (κ3) is 4.66. The van der Waals surface area contributed by atoms with Crippen LogP contribution in [-0.4, -0.2) is 62.7 Å². The summed E-state index contributed by atoms with van der Waals surface area (Å²) in [6.07, 6.45) is 7.89. The van der Waals surface area contributed by atoms with Crippen molar-refractivity contribution in [1.29, 1.82) is 0 Å². The molecule has 0 aliphatic heterocycles. The average Bonchev–Trinajstić information content (AvgIpc) is 2.67. The van der Waals surface area contributed by atoms with Gasteiger partial charge in [0.15, 0.2) is 0 Å². The highest BCUT2D eigenvalue weighted by atomic mass is 16.5. The molecule has 2 saturated carbocycles. The number of pyridine rings is 1. The number of nitrogens with zero attached hydrogens (tertiary/aromatic N) is 3. The molecule has 0 radical (unpaired) electrons. The summed E-state index contributed by atoms with van der Waals surface area (Å²) in [5.41, 5.74) is 1.32. The number of hydrogen-bond donors (Lipinski definition) is 3. The van der Waals surface area contributed by atoms with Crippen LogP contribution >= 0.6 is 0 Å². The summed E-state index contributed by atoms with van der Waals surface area (Å²) in [4.78, 5) is 13.9. The van der Waals surface area contributed by atoms with Crippen molar-refractivity contribution in [2.24, 2.45) is 0 Å². The van der Waals surface area contributed by atoms with Crippen LogP contribution in [0.5, 0.6) is 5.88 Å². The summed E-state index contributed by atoms with van der Waals surface area (Å²) in [5, 5.41) is 24.0. The normalized spacial score (nSPS) is 30.0. The fraction of sp³-hybridized carbons (Fsp3) is 0.682. The monoisotopic (exact) mass is 416 g/mol. The number of methoxy groups -OCH3 is 1. The van der Waals surface area contributed by atoms with Gasteiger partial charge in [-0.15, -0.1) is 0 Å². The lowest BCUT2D eigenvalue weighted by atomic mass is 9.77. The summed E-state index contributed by atoms with van der Waals surface area (Å²) in [5.74, 6) is 1.36. The van der Waals surface area contributed by atoms with Crippen molar-refractivity contribution < 1.29 is 19.7 Å². The van der Waals surface area contributed by atoms with E-state index in [0.717, 1.165) is 42.1 Å². The molecule has 2 aliphatic carbocycles. The van der Waals surface area contributed by atoms with Crippen molar-refractivity contribution in [2.75, 3.05) is 19.0 Å². The number of ether oxygens (including phenoxy) is 2. The van der Waals surface area contributed by atoms with E-state index in [0.29, 0.717) is 37.2 Å². The molecule has 8 heteroatoms. The average molecular weight is 417 g/mol. The zero-order valence-electron chi connectivity index (χ0n) is 18.0. The maximum Gasteiger partial charge on any atom is 0.224 e. The zero-order chi connectivity index (χ0) is 21.3. The van der Waals surface area contributed by atoms with E-state index in [9.17, 15) is 10.2 Å². The first kappa shape index (κ1) is 21.2. The number of fused-ring (bicyclic) bond motifs is 1. The lowest BCUT2D eigenvalue weighted by Gasteiger charge is -2.34. The molecular formula is C22H32N4O4. The van der Waals surface area contributed by atoms with E-state index in [4.69, 9.17) is 14.5 Å². The molecule has 0 bridgehead atoms. The molecule has 0 aromatic carbocycles. The van der Waals surface area contributed by atoms with Gasteiger partial charge in [-0.2, -0.15) is 0 Å². The predicted molar refractivity (Wildman–Crippen MR) is 114 cm³/mol. The van der Waals surface area contributed by atoms with Crippen LogP contribution in [0.3, 0.4) is 0 Å². The van der Waals surface area contributed by atoms with E-state index >= 15 is 0 Å². The van der Waals surface area contributed by atoms with Gasteiger partial charge in [0.05, 0.1) is 29.2 Å². The van der Waals surface area contributed by atoms with Crippen LogP contribution < -0.4 is 10.1 Å². The molecule has 164 valence electrons. The quantitative estimate of drug-likeness (QED) is 0.632. The second-order valence-electron chi connectivity index (χ2n) is 9.11. The molecule has 0 saturated heterocycles. The van der Waals surface area contributed by atoms with Crippen molar-refractivity contribution in [1.82, 2.24) is 15.0 Å². The number of aliphatic hydroxyl groups excluding tert-OH is 1. The Morgan fingerprint density at radius 1 is 1.23 bits per heavy atom. The number of rotatable bonds is 7. The van der Waals surface area contributed by atoms with Crippen LogP contribution in [0.15, 0.2) is 12.4 Å². The third-order valence-electron chi connectivity index (χ3n) is 6.26. The molecule has 0 unspecified atom stereocenters. The second kappa shape index (κ2) is 8.61. The predicted octanol–water partition coefficient (Wildman–Crippen LogP) is 2.78. The summed E-state index contributed by atoms with van der Waals surface area (Å²) >= 11 is 0. The first-order chi connectivity index (χ1) is 14.3. The van der Waals surface area contributed by atoms with Crippen LogP contribution in [0.25, 0.3) is 10.9 Å². The maximum atomic E-state index is 10.3. The van der Waals surface area contributed by atoms with Gasteiger partial charge < -0.3 is 25.0 Å². The van der Waals surface area contributed by atoms with E-state index in [1.165, 1.54) is 0 Å². The van der Waals surface area contributed by atoms with E-state index in [2.05, 4.69) is 15.3 Å². The van der Waals surface area contributed by atoms with Gasteiger partial charge in [0, 0.05) is 44.0 Å². The molecule has 2 aromatic rings. The summed E-state index contributed by atoms with van der Waals surface area (Å²) in [7, 11) is 1.67. The number of aliphatic hydroxyl groups is 2. The highest BCUT2D eigenvalue weighted by molar-refractivity contribution is 5.86. The largest absolute Gasteiger partial charge is 0.474 e. The lowest BCUT2D eigenvalue weighted by molar-refractivity contribution is -0.0121. The van der Waals surface area contributed by atoms with Gasteiger partial charge in [0.25, 0.3) is 0 Å². The molecule has 3 N–H and O–H groups in total. The SMILES string of the molecule is COC[C@H](C)Nc1ncc2c(OC3CC(O)C3)ncc(C3CCC(C)(O)CC3)c2n1. The number of aromatic nitrogens is 3. The Labute approximate surface area is 177 Å². The van der Waals surface area contributed by atoms with E-state index in [1.54, 1.807) is 13.3 Å². The van der Waals surface area contributed by atoms with Gasteiger partial charge in [-0.1, -0.05) is 0 Å². The standard InChI is InChI=1S/C22H32N4O4/c1-13(12-29-3)25-21-24-11-18-19(26-21)17(14-4-6-22(2,28)7-5-14)10-23-20(18)30-16-8-15(27)9-16/h10-11,13-16,27-28H,4-9,12H2,1-3H3,(H,24,25,26)/t13-,14?,15?,16?,22?/m0/s1. The Balaban J connectivity index is 1.66. The molecule has 2 aliphatic rings. The van der Waals surface area contributed by atoms with Crippen LogP contribution in [0.2, 0.25) is 0 Å². The van der Waals surface area contributed by atoms with Crippen molar-refractivity contribution in [3.63, 3.8) is 0 Å². The van der Waals surface area contributed by atoms with Crippen LogP contribution in [0.1, 0.15) is 63.9 Å². The molecule has 0 amide bonds. The molecule has 8 nitrogen and oxygen atoms in total.